The summed E-state index contributed by atoms with van der Waals surface area (Å²) in [5, 5.41) is 0. The van der Waals surface area contributed by atoms with E-state index < -0.39 is 0 Å². The lowest BCUT2D eigenvalue weighted by molar-refractivity contribution is 0.101. The van der Waals surface area contributed by atoms with Crippen LogP contribution in [0.4, 0.5) is 11.6 Å². The monoisotopic (exact) mass is 151 g/mol. The van der Waals surface area contributed by atoms with Crippen LogP contribution in [0.2, 0.25) is 0 Å². The predicted molar refractivity (Wildman–Crippen MR) is 43.1 cm³/mol. The summed E-state index contributed by atoms with van der Waals surface area (Å²) in [6.45, 7) is 1.45. The van der Waals surface area contributed by atoms with Crippen molar-refractivity contribution in [2.75, 3.05) is 11.5 Å². The first-order valence-corrected chi connectivity index (χ1v) is 3.13. The number of aromatic nitrogens is 1. The number of nitrogens with two attached hydrogens (primary N) is 2. The lowest BCUT2D eigenvalue weighted by Gasteiger charge is -1.98. The van der Waals surface area contributed by atoms with Crippen molar-refractivity contribution in [3.05, 3.63) is 17.7 Å². The molecule has 4 nitrogen and oxygen atoms in total. The van der Waals surface area contributed by atoms with E-state index in [4.69, 9.17) is 11.5 Å². The molecule has 0 aliphatic carbocycles. The maximum atomic E-state index is 10.8. The molecule has 1 aromatic rings. The molecule has 11 heavy (non-hydrogen) atoms. The SMILES string of the molecule is CC(=O)c1cc(N)nc(N)c1. The van der Waals surface area contributed by atoms with Gasteiger partial charge in [0, 0.05) is 5.56 Å². The molecule has 4 N–H and O–H groups in total. The molecule has 0 saturated carbocycles. The van der Waals surface area contributed by atoms with Crippen molar-refractivity contribution >= 4 is 17.4 Å². The molecule has 1 rings (SSSR count). The summed E-state index contributed by atoms with van der Waals surface area (Å²) in [4.78, 5) is 14.5. The van der Waals surface area contributed by atoms with Crippen LogP contribution in [0.15, 0.2) is 12.1 Å². The van der Waals surface area contributed by atoms with E-state index in [1.54, 1.807) is 0 Å². The van der Waals surface area contributed by atoms with Crippen LogP contribution in [0.1, 0.15) is 17.3 Å². The summed E-state index contributed by atoms with van der Waals surface area (Å²) in [7, 11) is 0. The van der Waals surface area contributed by atoms with Crippen molar-refractivity contribution in [1.29, 1.82) is 0 Å². The van der Waals surface area contributed by atoms with Crippen molar-refractivity contribution in [2.24, 2.45) is 0 Å². The Bertz CT molecular complexity index is 275. The van der Waals surface area contributed by atoms with Crippen molar-refractivity contribution < 1.29 is 4.79 Å². The minimum absolute atomic E-state index is 0.0641. The molecule has 0 aliphatic rings. The predicted octanol–water partition coefficient (Wildman–Crippen LogP) is 0.449. The van der Waals surface area contributed by atoms with Gasteiger partial charge in [-0.05, 0) is 19.1 Å². The quantitative estimate of drug-likeness (QED) is 0.571. The van der Waals surface area contributed by atoms with Crippen LogP contribution in [-0.2, 0) is 0 Å². The second kappa shape index (κ2) is 2.57. The highest BCUT2D eigenvalue weighted by molar-refractivity contribution is 5.95. The van der Waals surface area contributed by atoms with Gasteiger partial charge in [0.2, 0.25) is 0 Å². The van der Waals surface area contributed by atoms with Crippen molar-refractivity contribution in [3.63, 3.8) is 0 Å². The van der Waals surface area contributed by atoms with E-state index in [-0.39, 0.29) is 17.4 Å². The molecule has 0 fully saturated rings. The zero-order chi connectivity index (χ0) is 8.43. The minimum atomic E-state index is -0.0641. The van der Waals surface area contributed by atoms with Crippen LogP contribution in [0, 0.1) is 0 Å². The topological polar surface area (TPSA) is 82.0 Å². The largest absolute Gasteiger partial charge is 0.384 e. The molecule has 1 aromatic heterocycles. The van der Waals surface area contributed by atoms with Crippen LogP contribution in [0.25, 0.3) is 0 Å². The third-order valence-corrected chi connectivity index (χ3v) is 1.27. The molecule has 0 unspecified atom stereocenters. The fraction of sp³-hybridized carbons (Fsp3) is 0.143. The fourth-order valence-corrected chi connectivity index (χ4v) is 0.777. The maximum Gasteiger partial charge on any atom is 0.160 e. The van der Waals surface area contributed by atoms with Gasteiger partial charge in [-0.3, -0.25) is 4.79 Å². The minimum Gasteiger partial charge on any atom is -0.384 e. The summed E-state index contributed by atoms with van der Waals surface area (Å²) in [5.74, 6) is 0.483. The first-order valence-electron chi connectivity index (χ1n) is 3.13. The van der Waals surface area contributed by atoms with E-state index >= 15 is 0 Å². The Labute approximate surface area is 64.2 Å². The van der Waals surface area contributed by atoms with Gasteiger partial charge in [0.25, 0.3) is 0 Å². The summed E-state index contributed by atoms with van der Waals surface area (Å²) in [5.41, 5.74) is 11.2. The van der Waals surface area contributed by atoms with Crippen LogP contribution < -0.4 is 11.5 Å². The lowest BCUT2D eigenvalue weighted by Crippen LogP contribution is -2.00. The fourth-order valence-electron chi connectivity index (χ4n) is 0.777. The van der Waals surface area contributed by atoms with E-state index in [1.165, 1.54) is 19.1 Å². The molecule has 0 spiro atoms. The second-order valence-corrected chi connectivity index (χ2v) is 2.26. The number of nitrogens with zero attached hydrogens (tertiary/aromatic N) is 1. The molecule has 0 aliphatic heterocycles. The van der Waals surface area contributed by atoms with Gasteiger partial charge in [-0.1, -0.05) is 0 Å². The number of ketones is 1. The number of carbonyl (C=O) groups is 1. The number of carbonyl (C=O) groups excluding carboxylic acids is 1. The first kappa shape index (κ1) is 7.53. The average molecular weight is 151 g/mol. The Hall–Kier alpha value is -1.58. The average Bonchev–Trinajstić information content (AvgIpc) is 1.85. The standard InChI is InChI=1S/C7H9N3O/c1-4(11)5-2-6(8)10-7(9)3-5/h2-3H,1H3,(H4,8,9,10). The normalized spacial score (nSPS) is 9.55. The molecular weight excluding hydrogens is 142 g/mol. The number of hydrogen-bond donors (Lipinski definition) is 2. The molecule has 0 saturated heterocycles. The maximum absolute atomic E-state index is 10.8. The Morgan fingerprint density at radius 2 is 1.82 bits per heavy atom. The number of rotatable bonds is 1. The molecule has 0 radical (unpaired) electrons. The number of hydrogen-bond acceptors (Lipinski definition) is 4. The highest BCUT2D eigenvalue weighted by Gasteiger charge is 2.01. The second-order valence-electron chi connectivity index (χ2n) is 2.26. The van der Waals surface area contributed by atoms with Crippen molar-refractivity contribution in [2.45, 2.75) is 6.92 Å². The number of nitrogen functional groups attached to an aromatic ring is 2. The highest BCUT2D eigenvalue weighted by atomic mass is 16.1. The Balaban J connectivity index is 3.19. The third-order valence-electron chi connectivity index (χ3n) is 1.27. The smallest absolute Gasteiger partial charge is 0.160 e. The number of Topliss-reactive ketones (excluding diaryl/α,β-unsaturated/α-hetero) is 1. The van der Waals surface area contributed by atoms with E-state index in [0.29, 0.717) is 5.56 Å². The molecule has 0 atom stereocenters. The van der Waals surface area contributed by atoms with Gasteiger partial charge >= 0.3 is 0 Å². The van der Waals surface area contributed by atoms with Crippen LogP contribution in [-0.4, -0.2) is 10.8 Å². The Morgan fingerprint density at radius 3 is 2.18 bits per heavy atom. The Kier molecular flexibility index (Phi) is 1.76. The van der Waals surface area contributed by atoms with Gasteiger partial charge in [0.1, 0.15) is 11.6 Å². The lowest BCUT2D eigenvalue weighted by atomic mass is 10.2. The molecule has 4 heteroatoms. The summed E-state index contributed by atoms with van der Waals surface area (Å²) in [6, 6.07) is 3.00. The van der Waals surface area contributed by atoms with Crippen molar-refractivity contribution in [1.82, 2.24) is 4.98 Å². The molecule has 58 valence electrons. The van der Waals surface area contributed by atoms with E-state index in [1.807, 2.05) is 0 Å². The zero-order valence-corrected chi connectivity index (χ0v) is 6.16. The highest BCUT2D eigenvalue weighted by Crippen LogP contribution is 2.08. The number of anilines is 2. The molecular formula is C7H9N3O. The van der Waals surface area contributed by atoms with E-state index in [0.717, 1.165) is 0 Å². The van der Waals surface area contributed by atoms with E-state index in [9.17, 15) is 4.79 Å². The number of pyridine rings is 1. The molecule has 0 amide bonds. The van der Waals surface area contributed by atoms with Gasteiger partial charge in [-0.15, -0.1) is 0 Å². The van der Waals surface area contributed by atoms with Gasteiger partial charge in [0.05, 0.1) is 0 Å². The van der Waals surface area contributed by atoms with Crippen molar-refractivity contribution in [3.8, 4) is 0 Å². The summed E-state index contributed by atoms with van der Waals surface area (Å²) in [6.07, 6.45) is 0. The Morgan fingerprint density at radius 1 is 1.36 bits per heavy atom. The van der Waals surface area contributed by atoms with Gasteiger partial charge in [-0.25, -0.2) is 4.98 Å². The third kappa shape index (κ3) is 1.67. The molecule has 1 heterocycles. The molecule has 0 bridgehead atoms. The summed E-state index contributed by atoms with van der Waals surface area (Å²) >= 11 is 0. The van der Waals surface area contributed by atoms with Gasteiger partial charge in [0.15, 0.2) is 5.78 Å². The van der Waals surface area contributed by atoms with E-state index in [2.05, 4.69) is 4.98 Å². The summed E-state index contributed by atoms with van der Waals surface area (Å²) < 4.78 is 0. The first-order chi connectivity index (χ1) is 5.09. The zero-order valence-electron chi connectivity index (χ0n) is 6.16. The van der Waals surface area contributed by atoms with Crippen LogP contribution in [0.3, 0.4) is 0 Å². The van der Waals surface area contributed by atoms with Gasteiger partial charge < -0.3 is 11.5 Å². The van der Waals surface area contributed by atoms with Crippen LogP contribution in [0.5, 0.6) is 0 Å². The molecule has 0 aromatic carbocycles. The van der Waals surface area contributed by atoms with Gasteiger partial charge in [-0.2, -0.15) is 0 Å². The van der Waals surface area contributed by atoms with Crippen LogP contribution >= 0.6 is 0 Å².